The predicted octanol–water partition coefficient (Wildman–Crippen LogP) is 3.01. The molecule has 120 valence electrons. The first kappa shape index (κ1) is 14.2. The second-order valence-electron chi connectivity index (χ2n) is 5.32. The average Bonchev–Trinajstić information content (AvgIpc) is 3.26. The minimum Gasteiger partial charge on any atom is -0.467 e. The number of nitrogens with one attached hydrogen (secondary N) is 3. The van der Waals surface area contributed by atoms with Crippen LogP contribution in [0.3, 0.4) is 0 Å². The predicted molar refractivity (Wildman–Crippen MR) is 90.0 cm³/mol. The van der Waals surface area contributed by atoms with Crippen molar-refractivity contribution in [2.75, 3.05) is 10.6 Å². The Morgan fingerprint density at radius 1 is 1.08 bits per heavy atom. The molecular formula is C16H15N7O. The van der Waals surface area contributed by atoms with E-state index < -0.39 is 0 Å². The highest BCUT2D eigenvalue weighted by atomic mass is 16.3. The zero-order valence-corrected chi connectivity index (χ0v) is 12.9. The van der Waals surface area contributed by atoms with Crippen molar-refractivity contribution < 1.29 is 4.42 Å². The van der Waals surface area contributed by atoms with Crippen molar-refractivity contribution in [2.24, 2.45) is 0 Å². The monoisotopic (exact) mass is 321 g/mol. The molecule has 0 aliphatic heterocycles. The third-order valence-corrected chi connectivity index (χ3v) is 3.50. The molecule has 0 unspecified atom stereocenters. The zero-order chi connectivity index (χ0) is 16.4. The molecule has 3 N–H and O–H groups in total. The summed E-state index contributed by atoms with van der Waals surface area (Å²) in [6, 6.07) is 11.7. The molecule has 0 aliphatic rings. The van der Waals surface area contributed by atoms with Gasteiger partial charge in [0, 0.05) is 5.69 Å². The van der Waals surface area contributed by atoms with Gasteiger partial charge in [-0.3, -0.25) is 0 Å². The van der Waals surface area contributed by atoms with Gasteiger partial charge in [0.05, 0.1) is 12.8 Å². The third-order valence-electron chi connectivity index (χ3n) is 3.50. The van der Waals surface area contributed by atoms with Crippen molar-refractivity contribution in [1.29, 1.82) is 0 Å². The quantitative estimate of drug-likeness (QED) is 0.519. The molecule has 3 heterocycles. The zero-order valence-electron chi connectivity index (χ0n) is 12.9. The van der Waals surface area contributed by atoms with E-state index in [4.69, 9.17) is 4.42 Å². The highest BCUT2D eigenvalue weighted by Crippen LogP contribution is 2.22. The molecule has 8 nitrogen and oxygen atoms in total. The maximum atomic E-state index is 5.30. The van der Waals surface area contributed by atoms with Gasteiger partial charge in [0.1, 0.15) is 5.76 Å². The molecule has 0 saturated carbocycles. The lowest BCUT2D eigenvalue weighted by atomic mass is 10.2. The Morgan fingerprint density at radius 3 is 2.75 bits per heavy atom. The molecule has 8 heteroatoms. The molecule has 0 radical (unpaired) electrons. The molecule has 4 aromatic rings. The largest absolute Gasteiger partial charge is 0.467 e. The van der Waals surface area contributed by atoms with Crippen LogP contribution in [-0.4, -0.2) is 25.4 Å². The summed E-state index contributed by atoms with van der Waals surface area (Å²) in [5.74, 6) is 1.83. The van der Waals surface area contributed by atoms with Crippen LogP contribution in [0.1, 0.15) is 11.3 Å². The number of H-pyrrole nitrogens is 1. The second kappa shape index (κ2) is 5.99. The van der Waals surface area contributed by atoms with E-state index in [0.29, 0.717) is 29.5 Å². The molecule has 0 bridgehead atoms. The van der Waals surface area contributed by atoms with Gasteiger partial charge in [-0.05, 0) is 31.2 Å². The number of nitrogens with zero attached hydrogens (tertiary/aromatic N) is 4. The molecule has 1 aromatic carbocycles. The topological polar surface area (TPSA) is 105 Å². The maximum absolute atomic E-state index is 5.30. The van der Waals surface area contributed by atoms with Gasteiger partial charge in [0.25, 0.3) is 0 Å². The van der Waals surface area contributed by atoms with Crippen LogP contribution in [0.4, 0.5) is 17.5 Å². The van der Waals surface area contributed by atoms with Crippen LogP contribution in [0, 0.1) is 6.92 Å². The minimum absolute atomic E-state index is 0.447. The number of aromatic nitrogens is 5. The molecule has 0 saturated heterocycles. The highest BCUT2D eigenvalue weighted by Gasteiger charge is 2.12. The first-order valence-electron chi connectivity index (χ1n) is 7.46. The van der Waals surface area contributed by atoms with Gasteiger partial charge in [0.15, 0.2) is 11.3 Å². The Hall–Kier alpha value is -3.42. The summed E-state index contributed by atoms with van der Waals surface area (Å²) >= 11 is 0. The fourth-order valence-electron chi connectivity index (χ4n) is 2.27. The van der Waals surface area contributed by atoms with E-state index in [-0.39, 0.29) is 0 Å². The molecular weight excluding hydrogens is 306 g/mol. The van der Waals surface area contributed by atoms with Crippen LogP contribution in [0.25, 0.3) is 11.2 Å². The number of furan rings is 1. The van der Waals surface area contributed by atoms with E-state index in [1.165, 1.54) is 5.56 Å². The van der Waals surface area contributed by atoms with E-state index in [9.17, 15) is 0 Å². The number of rotatable bonds is 5. The SMILES string of the molecule is Cc1ccc(Nc2nc(NCc3ccco3)nc3n[nH]nc23)cc1. The number of aryl methyl sites for hydroxylation is 1. The fraction of sp³-hybridized carbons (Fsp3) is 0.125. The van der Waals surface area contributed by atoms with E-state index in [2.05, 4.69) is 36.0 Å². The summed E-state index contributed by atoms with van der Waals surface area (Å²) in [6.45, 7) is 2.53. The van der Waals surface area contributed by atoms with Gasteiger partial charge in [-0.15, -0.1) is 5.10 Å². The number of benzene rings is 1. The number of aromatic amines is 1. The lowest BCUT2D eigenvalue weighted by Crippen LogP contribution is -2.05. The van der Waals surface area contributed by atoms with Gasteiger partial charge in [0.2, 0.25) is 11.6 Å². The summed E-state index contributed by atoms with van der Waals surface area (Å²) in [5.41, 5.74) is 3.18. The Labute approximate surface area is 137 Å². The molecule has 0 atom stereocenters. The number of fused-ring (bicyclic) bond motifs is 1. The van der Waals surface area contributed by atoms with Crippen LogP contribution < -0.4 is 10.6 Å². The lowest BCUT2D eigenvalue weighted by Gasteiger charge is -2.08. The van der Waals surface area contributed by atoms with Crippen LogP contribution >= 0.6 is 0 Å². The average molecular weight is 321 g/mol. The van der Waals surface area contributed by atoms with E-state index in [0.717, 1.165) is 11.4 Å². The minimum atomic E-state index is 0.447. The Kier molecular flexibility index (Phi) is 3.54. The summed E-state index contributed by atoms with van der Waals surface area (Å²) in [4.78, 5) is 8.84. The number of hydrogen-bond donors (Lipinski definition) is 3. The van der Waals surface area contributed by atoms with E-state index in [1.807, 2.05) is 43.3 Å². The van der Waals surface area contributed by atoms with Crippen molar-refractivity contribution >= 4 is 28.6 Å². The fourth-order valence-corrected chi connectivity index (χ4v) is 2.27. The van der Waals surface area contributed by atoms with Gasteiger partial charge < -0.3 is 15.1 Å². The van der Waals surface area contributed by atoms with E-state index in [1.54, 1.807) is 6.26 Å². The third kappa shape index (κ3) is 2.89. The first-order valence-corrected chi connectivity index (χ1v) is 7.46. The summed E-state index contributed by atoms with van der Waals surface area (Å²) in [7, 11) is 0. The molecule has 24 heavy (non-hydrogen) atoms. The van der Waals surface area contributed by atoms with Crippen LogP contribution in [0.5, 0.6) is 0 Å². The molecule has 0 fully saturated rings. The van der Waals surface area contributed by atoms with Crippen LogP contribution in [0.15, 0.2) is 47.1 Å². The summed E-state index contributed by atoms with van der Waals surface area (Å²) in [5, 5.41) is 17.1. The van der Waals surface area contributed by atoms with Crippen molar-refractivity contribution in [1.82, 2.24) is 25.4 Å². The molecule has 0 amide bonds. The van der Waals surface area contributed by atoms with Gasteiger partial charge in [-0.1, -0.05) is 17.7 Å². The lowest BCUT2D eigenvalue weighted by molar-refractivity contribution is 0.517. The van der Waals surface area contributed by atoms with Crippen LogP contribution in [0.2, 0.25) is 0 Å². The van der Waals surface area contributed by atoms with E-state index >= 15 is 0 Å². The van der Waals surface area contributed by atoms with Gasteiger partial charge in [-0.25, -0.2) is 0 Å². The normalized spacial score (nSPS) is 10.9. The maximum Gasteiger partial charge on any atom is 0.227 e. The van der Waals surface area contributed by atoms with Crippen molar-refractivity contribution in [2.45, 2.75) is 13.5 Å². The Bertz CT molecular complexity index is 944. The first-order chi connectivity index (χ1) is 11.8. The number of hydrogen-bond acceptors (Lipinski definition) is 7. The highest BCUT2D eigenvalue weighted by molar-refractivity contribution is 5.85. The molecule has 4 rings (SSSR count). The molecule has 0 spiro atoms. The summed E-state index contributed by atoms with van der Waals surface area (Å²) < 4.78 is 5.30. The van der Waals surface area contributed by atoms with Crippen molar-refractivity contribution in [3.63, 3.8) is 0 Å². The standard InChI is InChI=1S/C16H15N7O/c1-10-4-6-11(7-5-10)18-14-13-15(22-23-21-13)20-16(19-14)17-9-12-3-2-8-24-12/h2-8H,9H2,1H3,(H3,17,18,19,20,21,22,23). The van der Waals surface area contributed by atoms with Gasteiger partial charge in [-0.2, -0.15) is 20.3 Å². The van der Waals surface area contributed by atoms with Gasteiger partial charge >= 0.3 is 0 Å². The molecule has 0 aliphatic carbocycles. The smallest absolute Gasteiger partial charge is 0.227 e. The second-order valence-corrected chi connectivity index (χ2v) is 5.32. The van der Waals surface area contributed by atoms with Crippen LogP contribution in [-0.2, 0) is 6.54 Å². The van der Waals surface area contributed by atoms with Crippen molar-refractivity contribution in [3.05, 3.63) is 54.0 Å². The number of anilines is 3. The Morgan fingerprint density at radius 2 is 1.96 bits per heavy atom. The molecule has 3 aromatic heterocycles. The summed E-state index contributed by atoms with van der Waals surface area (Å²) in [6.07, 6.45) is 1.63. The van der Waals surface area contributed by atoms with Crippen molar-refractivity contribution in [3.8, 4) is 0 Å². The Balaban J connectivity index is 1.63.